The first kappa shape index (κ1) is 17.1. The molecule has 1 atom stereocenters. The van der Waals surface area contributed by atoms with Gasteiger partial charge in [0.1, 0.15) is 5.75 Å². The smallest absolute Gasteiger partial charge is 0.328 e. The zero-order valence-corrected chi connectivity index (χ0v) is 14.9. The molecule has 1 heterocycles. The van der Waals surface area contributed by atoms with Crippen molar-refractivity contribution in [2.24, 2.45) is 14.1 Å². The summed E-state index contributed by atoms with van der Waals surface area (Å²) >= 11 is 5.91. The van der Waals surface area contributed by atoms with E-state index in [9.17, 15) is 9.59 Å². The van der Waals surface area contributed by atoms with Crippen LogP contribution < -0.4 is 15.7 Å². The lowest BCUT2D eigenvalue weighted by Gasteiger charge is -2.15. The fourth-order valence-electron chi connectivity index (χ4n) is 2.63. The van der Waals surface area contributed by atoms with Crippen LogP contribution in [-0.4, -0.2) is 21.1 Å². The van der Waals surface area contributed by atoms with E-state index in [4.69, 9.17) is 16.3 Å². The molecule has 0 aliphatic carbocycles. The molecule has 1 amide bonds. The number of aryl methyl sites for hydroxylation is 2. The first-order chi connectivity index (χ1) is 11.9. The van der Waals surface area contributed by atoms with Gasteiger partial charge in [0, 0.05) is 24.8 Å². The number of nitrogens with zero attached hydrogens (tertiary/aromatic N) is 2. The van der Waals surface area contributed by atoms with Crippen molar-refractivity contribution in [1.82, 2.24) is 9.13 Å². The molecule has 130 valence electrons. The molecule has 0 radical (unpaired) electrons. The summed E-state index contributed by atoms with van der Waals surface area (Å²) in [5.74, 6) is 0.233. The number of anilines is 1. The summed E-state index contributed by atoms with van der Waals surface area (Å²) in [7, 11) is 3.41. The Labute approximate surface area is 149 Å². The molecule has 2 aromatic carbocycles. The monoisotopic (exact) mass is 359 g/mol. The lowest BCUT2D eigenvalue weighted by atomic mass is 10.2. The number of ether oxygens (including phenoxy) is 1. The molecule has 0 saturated carbocycles. The summed E-state index contributed by atoms with van der Waals surface area (Å²) in [6.45, 7) is 1.66. The number of amides is 1. The van der Waals surface area contributed by atoms with Crippen molar-refractivity contribution in [1.29, 1.82) is 0 Å². The van der Waals surface area contributed by atoms with Crippen molar-refractivity contribution >= 4 is 34.2 Å². The van der Waals surface area contributed by atoms with Crippen molar-refractivity contribution in [3.8, 4) is 5.75 Å². The number of carbonyl (C=O) groups excluding carboxylic acids is 1. The molecule has 3 rings (SSSR count). The summed E-state index contributed by atoms with van der Waals surface area (Å²) in [6.07, 6.45) is -0.700. The number of fused-ring (bicyclic) bond motifs is 1. The number of rotatable bonds is 4. The fourth-order valence-corrected chi connectivity index (χ4v) is 2.81. The minimum Gasteiger partial charge on any atom is -0.481 e. The molecule has 0 fully saturated rings. The van der Waals surface area contributed by atoms with Gasteiger partial charge in [-0.05, 0) is 43.3 Å². The highest BCUT2D eigenvalue weighted by molar-refractivity contribution is 6.30. The highest BCUT2D eigenvalue weighted by Gasteiger charge is 2.16. The minimum atomic E-state index is -0.700. The molecule has 0 saturated heterocycles. The second-order valence-electron chi connectivity index (χ2n) is 5.81. The normalized spacial score (nSPS) is 12.2. The van der Waals surface area contributed by atoms with Crippen LogP contribution in [0.15, 0.2) is 47.3 Å². The highest BCUT2D eigenvalue weighted by Crippen LogP contribution is 2.20. The molecule has 1 N–H and O–H groups in total. The number of nitrogens with one attached hydrogen (secondary N) is 1. The molecule has 3 aromatic rings. The van der Waals surface area contributed by atoms with E-state index in [0.29, 0.717) is 16.5 Å². The highest BCUT2D eigenvalue weighted by atomic mass is 35.5. The molecule has 25 heavy (non-hydrogen) atoms. The molecular weight excluding hydrogens is 342 g/mol. The van der Waals surface area contributed by atoms with E-state index >= 15 is 0 Å². The first-order valence-electron chi connectivity index (χ1n) is 7.75. The maximum atomic E-state index is 12.4. The molecule has 0 unspecified atom stereocenters. The van der Waals surface area contributed by atoms with Gasteiger partial charge in [0.15, 0.2) is 6.10 Å². The van der Waals surface area contributed by atoms with Crippen LogP contribution in [0.4, 0.5) is 5.69 Å². The van der Waals surface area contributed by atoms with Crippen LogP contribution in [0.25, 0.3) is 11.0 Å². The average molecular weight is 360 g/mol. The standard InChI is InChI=1S/C18H18ClN3O3/c1-11(25-14-6-4-5-12(19)9-14)17(23)20-13-7-8-15-16(10-13)22(3)18(24)21(15)2/h4-11H,1-3H3,(H,20,23)/t11-/m0/s1. The summed E-state index contributed by atoms with van der Waals surface area (Å²) in [4.78, 5) is 24.3. The average Bonchev–Trinajstić information content (AvgIpc) is 2.79. The Morgan fingerprint density at radius 3 is 2.56 bits per heavy atom. The number of imidazole rings is 1. The summed E-state index contributed by atoms with van der Waals surface area (Å²) in [5.41, 5.74) is 2.03. The number of aromatic nitrogens is 2. The first-order valence-corrected chi connectivity index (χ1v) is 8.13. The van der Waals surface area contributed by atoms with E-state index in [1.807, 2.05) is 0 Å². The number of halogens is 1. The Bertz CT molecular complexity index is 1010. The Morgan fingerprint density at radius 2 is 1.84 bits per heavy atom. The Hall–Kier alpha value is -2.73. The fraction of sp³-hybridized carbons (Fsp3) is 0.222. The van der Waals surface area contributed by atoms with Gasteiger partial charge in [-0.2, -0.15) is 0 Å². The lowest BCUT2D eigenvalue weighted by molar-refractivity contribution is -0.122. The number of carbonyl (C=O) groups is 1. The third-order valence-corrected chi connectivity index (χ3v) is 4.25. The van der Waals surface area contributed by atoms with Crippen molar-refractivity contribution in [2.45, 2.75) is 13.0 Å². The van der Waals surface area contributed by atoms with Gasteiger partial charge in [0.2, 0.25) is 0 Å². The third kappa shape index (κ3) is 3.39. The van der Waals surface area contributed by atoms with Crippen LogP contribution in [0.2, 0.25) is 5.02 Å². The predicted octanol–water partition coefficient (Wildman–Crippen LogP) is 2.94. The van der Waals surface area contributed by atoms with Crippen molar-refractivity contribution < 1.29 is 9.53 Å². The van der Waals surface area contributed by atoms with Crippen LogP contribution in [0.1, 0.15) is 6.92 Å². The second kappa shape index (κ2) is 6.64. The predicted molar refractivity (Wildman–Crippen MR) is 98.3 cm³/mol. The lowest BCUT2D eigenvalue weighted by Crippen LogP contribution is -2.30. The molecular formula is C18H18ClN3O3. The van der Waals surface area contributed by atoms with Crippen LogP contribution >= 0.6 is 11.6 Å². The van der Waals surface area contributed by atoms with Crippen molar-refractivity contribution in [2.75, 3.05) is 5.32 Å². The van der Waals surface area contributed by atoms with E-state index in [-0.39, 0.29) is 11.6 Å². The molecule has 1 aromatic heterocycles. The third-order valence-electron chi connectivity index (χ3n) is 4.02. The van der Waals surface area contributed by atoms with E-state index in [2.05, 4.69) is 5.32 Å². The Balaban J connectivity index is 1.77. The summed E-state index contributed by atoms with van der Waals surface area (Å²) in [6, 6.07) is 12.2. The summed E-state index contributed by atoms with van der Waals surface area (Å²) in [5, 5.41) is 3.35. The number of hydrogen-bond acceptors (Lipinski definition) is 3. The maximum Gasteiger partial charge on any atom is 0.328 e. The van der Waals surface area contributed by atoms with Gasteiger partial charge in [0.05, 0.1) is 11.0 Å². The molecule has 0 bridgehead atoms. The Kier molecular flexibility index (Phi) is 4.55. The van der Waals surface area contributed by atoms with Crippen molar-refractivity contribution in [3.05, 3.63) is 58.0 Å². The molecule has 6 nitrogen and oxygen atoms in total. The minimum absolute atomic E-state index is 0.115. The van der Waals surface area contributed by atoms with Gasteiger partial charge < -0.3 is 10.1 Å². The topological polar surface area (TPSA) is 65.3 Å². The SMILES string of the molecule is C[C@H](Oc1cccc(Cl)c1)C(=O)Nc1ccc2c(c1)n(C)c(=O)n2C. The van der Waals surface area contributed by atoms with Crippen LogP contribution in [-0.2, 0) is 18.9 Å². The van der Waals surface area contributed by atoms with E-state index < -0.39 is 6.10 Å². The molecule has 0 aliphatic rings. The Morgan fingerprint density at radius 1 is 1.12 bits per heavy atom. The van der Waals surface area contributed by atoms with Gasteiger partial charge in [-0.25, -0.2) is 4.79 Å². The quantitative estimate of drug-likeness (QED) is 0.779. The van der Waals surface area contributed by atoms with Gasteiger partial charge in [0.25, 0.3) is 5.91 Å². The largest absolute Gasteiger partial charge is 0.481 e. The van der Waals surface area contributed by atoms with Gasteiger partial charge in [-0.1, -0.05) is 17.7 Å². The molecule has 0 spiro atoms. The number of benzene rings is 2. The van der Waals surface area contributed by atoms with E-state index in [1.54, 1.807) is 68.1 Å². The van der Waals surface area contributed by atoms with Gasteiger partial charge in [-0.15, -0.1) is 0 Å². The molecule has 0 aliphatic heterocycles. The van der Waals surface area contributed by atoms with E-state index in [0.717, 1.165) is 11.0 Å². The van der Waals surface area contributed by atoms with E-state index in [1.165, 1.54) is 4.57 Å². The number of hydrogen-bond donors (Lipinski definition) is 1. The maximum absolute atomic E-state index is 12.4. The van der Waals surface area contributed by atoms with Crippen molar-refractivity contribution in [3.63, 3.8) is 0 Å². The second-order valence-corrected chi connectivity index (χ2v) is 6.25. The zero-order chi connectivity index (χ0) is 18.1. The van der Waals surface area contributed by atoms with Gasteiger partial charge in [-0.3, -0.25) is 13.9 Å². The zero-order valence-electron chi connectivity index (χ0n) is 14.1. The van der Waals surface area contributed by atoms with Crippen LogP contribution in [0.3, 0.4) is 0 Å². The van der Waals surface area contributed by atoms with Crippen LogP contribution in [0.5, 0.6) is 5.75 Å². The summed E-state index contributed by atoms with van der Waals surface area (Å²) < 4.78 is 8.71. The molecule has 7 heteroatoms. The van der Waals surface area contributed by atoms with Gasteiger partial charge >= 0.3 is 5.69 Å². The van der Waals surface area contributed by atoms with Crippen LogP contribution in [0, 0.1) is 0 Å².